The Labute approximate surface area is 142 Å². The number of hydrogen-bond acceptors (Lipinski definition) is 1. The summed E-state index contributed by atoms with van der Waals surface area (Å²) < 4.78 is 5.48. The Balaban J connectivity index is 2.65. The molecule has 0 amide bonds. The number of hydrogen-bond donors (Lipinski definition) is 0. The molecule has 0 spiro atoms. The van der Waals surface area contributed by atoms with Crippen molar-refractivity contribution in [2.75, 3.05) is 0 Å². The molecule has 1 aromatic carbocycles. The molecule has 1 aromatic heterocycles. The standard InChI is InChI=1S/C17H26N3PSe/c1-16(2,3)21(17(4,5)6)20-15(22)19(7)14(18-20)13-11-9-8-10-12-13/h8-12H,1-7H3. The number of nitrogens with zero attached hydrogens (tertiary/aromatic N) is 3. The molecule has 0 saturated heterocycles. The van der Waals surface area contributed by atoms with Crippen LogP contribution in [0.5, 0.6) is 0 Å². The van der Waals surface area contributed by atoms with Gasteiger partial charge in [-0.1, -0.05) is 0 Å². The van der Waals surface area contributed by atoms with Crippen LogP contribution >= 0.6 is 8.07 Å². The Kier molecular flexibility index (Phi) is 4.88. The van der Waals surface area contributed by atoms with Crippen molar-refractivity contribution < 1.29 is 0 Å². The number of aromatic nitrogens is 3. The predicted molar refractivity (Wildman–Crippen MR) is 97.5 cm³/mol. The molecule has 3 nitrogen and oxygen atoms in total. The van der Waals surface area contributed by atoms with E-state index < -0.39 is 8.07 Å². The molecule has 0 bridgehead atoms. The second-order valence-corrected chi connectivity index (χ2v) is 12.0. The van der Waals surface area contributed by atoms with Gasteiger partial charge < -0.3 is 0 Å². The molecule has 0 N–H and O–H groups in total. The van der Waals surface area contributed by atoms with E-state index >= 15 is 0 Å². The van der Waals surface area contributed by atoms with Crippen LogP contribution in [0.3, 0.4) is 0 Å². The van der Waals surface area contributed by atoms with E-state index in [1.54, 1.807) is 0 Å². The molecule has 0 saturated carbocycles. The minimum atomic E-state index is -0.491. The minimum absolute atomic E-state index is 0.180. The molecule has 5 heteroatoms. The SMILES string of the molecule is Cn1c(-c2ccccc2)nn(P(C(C)(C)C)C(C)(C)C)c1=[Se]. The molecule has 0 atom stereocenters. The van der Waals surface area contributed by atoms with E-state index in [0.717, 1.165) is 15.7 Å². The van der Waals surface area contributed by atoms with Gasteiger partial charge in [-0.3, -0.25) is 0 Å². The van der Waals surface area contributed by atoms with E-state index in [9.17, 15) is 0 Å². The first kappa shape index (κ1) is 17.7. The van der Waals surface area contributed by atoms with Crippen molar-refractivity contribution in [3.05, 3.63) is 34.7 Å². The molecule has 22 heavy (non-hydrogen) atoms. The Hall–Kier alpha value is -0.691. The fourth-order valence-electron chi connectivity index (χ4n) is 2.97. The van der Waals surface area contributed by atoms with Gasteiger partial charge in [-0.2, -0.15) is 0 Å². The van der Waals surface area contributed by atoms with Crippen molar-refractivity contribution >= 4 is 23.6 Å². The molecule has 0 radical (unpaired) electrons. The zero-order chi connectivity index (χ0) is 16.7. The maximum atomic E-state index is 4.99. The van der Waals surface area contributed by atoms with Crippen LogP contribution in [0.25, 0.3) is 11.4 Å². The fraction of sp³-hybridized carbons (Fsp3) is 0.529. The van der Waals surface area contributed by atoms with E-state index in [-0.39, 0.29) is 10.3 Å². The average Bonchev–Trinajstić information content (AvgIpc) is 2.65. The van der Waals surface area contributed by atoms with Crippen LogP contribution in [0, 0.1) is 4.32 Å². The average molecular weight is 382 g/mol. The Morgan fingerprint density at radius 1 is 0.955 bits per heavy atom. The summed E-state index contributed by atoms with van der Waals surface area (Å²) in [6.07, 6.45) is 0. The zero-order valence-electron chi connectivity index (χ0n) is 14.6. The Morgan fingerprint density at radius 2 is 1.45 bits per heavy atom. The molecular formula is C17H26N3PSe. The van der Waals surface area contributed by atoms with Gasteiger partial charge in [-0.25, -0.2) is 0 Å². The van der Waals surface area contributed by atoms with E-state index in [2.05, 4.69) is 97.5 Å². The van der Waals surface area contributed by atoms with Crippen LogP contribution in [0.15, 0.2) is 30.3 Å². The van der Waals surface area contributed by atoms with Gasteiger partial charge >= 0.3 is 143 Å². The van der Waals surface area contributed by atoms with E-state index in [0.29, 0.717) is 0 Å². The molecule has 0 aliphatic heterocycles. The summed E-state index contributed by atoms with van der Waals surface area (Å²) in [5, 5.41) is 5.35. The first-order valence-electron chi connectivity index (χ1n) is 7.55. The van der Waals surface area contributed by atoms with Crippen LogP contribution in [-0.2, 0) is 7.05 Å². The van der Waals surface area contributed by atoms with Crippen LogP contribution in [0.2, 0.25) is 0 Å². The molecule has 0 aliphatic rings. The zero-order valence-corrected chi connectivity index (χ0v) is 17.2. The third-order valence-corrected chi connectivity index (χ3v) is 7.90. The number of rotatable bonds is 2. The first-order chi connectivity index (χ1) is 10.0. The molecule has 0 fully saturated rings. The summed E-state index contributed by atoms with van der Waals surface area (Å²) >= 11 is 3.23. The second kappa shape index (κ2) is 6.07. The third-order valence-electron chi connectivity index (χ3n) is 3.46. The van der Waals surface area contributed by atoms with E-state index in [1.165, 1.54) is 0 Å². The van der Waals surface area contributed by atoms with Crippen LogP contribution < -0.4 is 0 Å². The van der Waals surface area contributed by atoms with E-state index in [4.69, 9.17) is 5.10 Å². The van der Waals surface area contributed by atoms with Gasteiger partial charge in [-0.15, -0.1) is 0 Å². The molecule has 0 unspecified atom stereocenters. The predicted octanol–water partition coefficient (Wildman–Crippen LogP) is 4.43. The summed E-state index contributed by atoms with van der Waals surface area (Å²) in [6.45, 7) is 13.9. The summed E-state index contributed by atoms with van der Waals surface area (Å²) in [7, 11) is 1.59. The maximum absolute atomic E-state index is 4.99. The Bertz CT molecular complexity index is 688. The molecule has 0 aliphatic carbocycles. The summed E-state index contributed by atoms with van der Waals surface area (Å²) in [5.41, 5.74) is 1.15. The number of benzene rings is 1. The van der Waals surface area contributed by atoms with Crippen molar-refractivity contribution in [3.63, 3.8) is 0 Å². The van der Waals surface area contributed by atoms with Gasteiger partial charge in [0.1, 0.15) is 0 Å². The van der Waals surface area contributed by atoms with Gasteiger partial charge in [0.2, 0.25) is 0 Å². The second-order valence-electron chi connectivity index (χ2n) is 7.57. The van der Waals surface area contributed by atoms with Crippen molar-refractivity contribution in [1.29, 1.82) is 0 Å². The molecule has 1 heterocycles. The van der Waals surface area contributed by atoms with Crippen molar-refractivity contribution in [1.82, 2.24) is 14.1 Å². The fourth-order valence-corrected chi connectivity index (χ4v) is 7.38. The van der Waals surface area contributed by atoms with Crippen molar-refractivity contribution in [3.8, 4) is 11.4 Å². The van der Waals surface area contributed by atoms with Crippen LogP contribution in [0.1, 0.15) is 41.5 Å². The monoisotopic (exact) mass is 383 g/mol. The molecule has 2 aromatic rings. The van der Waals surface area contributed by atoms with Crippen molar-refractivity contribution in [2.45, 2.75) is 51.9 Å². The summed E-state index contributed by atoms with van der Waals surface area (Å²) in [6, 6.07) is 10.4. The van der Waals surface area contributed by atoms with Gasteiger partial charge in [0.25, 0.3) is 0 Å². The first-order valence-corrected chi connectivity index (χ1v) is 9.70. The third kappa shape index (κ3) is 3.45. The van der Waals surface area contributed by atoms with Gasteiger partial charge in [0.15, 0.2) is 0 Å². The molecular weight excluding hydrogens is 356 g/mol. The van der Waals surface area contributed by atoms with Gasteiger partial charge in [0, 0.05) is 0 Å². The molecule has 2 rings (SSSR count). The van der Waals surface area contributed by atoms with Gasteiger partial charge in [-0.05, 0) is 0 Å². The van der Waals surface area contributed by atoms with Crippen LogP contribution in [0.4, 0.5) is 0 Å². The molecule has 120 valence electrons. The quantitative estimate of drug-likeness (QED) is 0.557. The summed E-state index contributed by atoms with van der Waals surface area (Å²) in [4.78, 5) is 0. The van der Waals surface area contributed by atoms with E-state index in [1.807, 2.05) is 6.07 Å². The van der Waals surface area contributed by atoms with Crippen molar-refractivity contribution in [2.24, 2.45) is 7.05 Å². The topological polar surface area (TPSA) is 22.8 Å². The van der Waals surface area contributed by atoms with Gasteiger partial charge in [0.05, 0.1) is 0 Å². The van der Waals surface area contributed by atoms with Crippen LogP contribution in [-0.4, -0.2) is 40.0 Å². The summed E-state index contributed by atoms with van der Waals surface area (Å²) in [5.74, 6) is 1.01. The Morgan fingerprint density at radius 3 is 1.91 bits per heavy atom. The normalized spacial score (nSPS) is 12.9.